The summed E-state index contributed by atoms with van der Waals surface area (Å²) in [6, 6.07) is 16.0. The second-order valence-corrected chi connectivity index (χ2v) is 9.04. The van der Waals surface area contributed by atoms with E-state index in [-0.39, 0.29) is 0 Å². The van der Waals surface area contributed by atoms with Crippen LogP contribution in [0.5, 0.6) is 11.5 Å². The molecule has 38 heavy (non-hydrogen) atoms. The Morgan fingerprint density at radius 2 is 1.24 bits per heavy atom. The first-order valence-corrected chi connectivity index (χ1v) is 13.7. The molecule has 0 fully saturated rings. The van der Waals surface area contributed by atoms with Gasteiger partial charge in [-0.05, 0) is 71.9 Å². The monoisotopic (exact) mass is 517 g/mol. The Bertz CT molecular complexity index is 1200. The molecule has 0 spiro atoms. The summed E-state index contributed by atoms with van der Waals surface area (Å²) in [5.74, 6) is 0.861. The fourth-order valence-electron chi connectivity index (χ4n) is 5.36. The molecule has 3 aromatic rings. The molecule has 4 rings (SSSR count). The van der Waals surface area contributed by atoms with Gasteiger partial charge in [-0.2, -0.15) is 0 Å². The summed E-state index contributed by atoms with van der Waals surface area (Å²) in [6.45, 7) is 16.9. The van der Waals surface area contributed by atoms with Crippen LogP contribution in [-0.4, -0.2) is 50.3 Å². The van der Waals surface area contributed by atoms with Crippen molar-refractivity contribution in [1.29, 1.82) is 0 Å². The maximum absolute atomic E-state index is 13.3. The van der Waals surface area contributed by atoms with E-state index in [4.69, 9.17) is 14.2 Å². The van der Waals surface area contributed by atoms with Crippen molar-refractivity contribution in [2.45, 2.75) is 47.1 Å². The summed E-state index contributed by atoms with van der Waals surface area (Å²) in [5.41, 5.74) is 3.29. The number of carbonyl (C=O) groups excluding carboxylic acids is 1. The van der Waals surface area contributed by atoms with Crippen LogP contribution in [0.3, 0.4) is 0 Å². The van der Waals surface area contributed by atoms with Crippen molar-refractivity contribution in [1.82, 2.24) is 4.98 Å². The number of benzene rings is 2. The zero-order valence-corrected chi connectivity index (χ0v) is 23.4. The average Bonchev–Trinajstić information content (AvgIpc) is 3.24. The standard InChI is InChI=1S/C31H39N3O4/c1-7-33(8-2)22-15-17-24(27(20-22)36-11-5)31(26-14-13-19-32-29(26)30(35)38-31)25-18-16-23(34(9-3)10-4)21-28(25)37-12-6/h13-21H,7-12H2,1-6H3. The Labute approximate surface area is 226 Å². The summed E-state index contributed by atoms with van der Waals surface area (Å²) in [7, 11) is 0. The Balaban J connectivity index is 2.04. The quantitative estimate of drug-likeness (QED) is 0.272. The van der Waals surface area contributed by atoms with Gasteiger partial charge in [0, 0.05) is 72.6 Å². The first-order valence-electron chi connectivity index (χ1n) is 13.7. The number of hydrogen-bond acceptors (Lipinski definition) is 7. The number of rotatable bonds is 12. The Morgan fingerprint density at radius 3 is 1.68 bits per heavy atom. The van der Waals surface area contributed by atoms with E-state index in [0.717, 1.165) is 48.7 Å². The lowest BCUT2D eigenvalue weighted by molar-refractivity contribution is 0.0234. The zero-order valence-electron chi connectivity index (χ0n) is 23.4. The predicted molar refractivity (Wildman–Crippen MR) is 152 cm³/mol. The zero-order chi connectivity index (χ0) is 27.3. The second kappa shape index (κ2) is 11.8. The number of anilines is 2. The van der Waals surface area contributed by atoms with Gasteiger partial charge in [0.15, 0.2) is 11.3 Å². The number of carbonyl (C=O) groups is 1. The molecule has 1 aliphatic rings. The molecule has 0 saturated carbocycles. The smallest absolute Gasteiger partial charge is 0.358 e. The van der Waals surface area contributed by atoms with Gasteiger partial charge >= 0.3 is 5.97 Å². The summed E-state index contributed by atoms with van der Waals surface area (Å²) in [4.78, 5) is 22.3. The van der Waals surface area contributed by atoms with E-state index < -0.39 is 11.6 Å². The van der Waals surface area contributed by atoms with Crippen LogP contribution in [0.4, 0.5) is 11.4 Å². The predicted octanol–water partition coefficient (Wildman–Crippen LogP) is 6.03. The summed E-state index contributed by atoms with van der Waals surface area (Å²) < 4.78 is 18.9. The van der Waals surface area contributed by atoms with Crippen LogP contribution in [-0.2, 0) is 10.3 Å². The van der Waals surface area contributed by atoms with Crippen molar-refractivity contribution in [3.63, 3.8) is 0 Å². The van der Waals surface area contributed by atoms with E-state index in [2.05, 4.69) is 54.6 Å². The molecular formula is C31H39N3O4. The van der Waals surface area contributed by atoms with Crippen LogP contribution in [0.15, 0.2) is 54.7 Å². The van der Waals surface area contributed by atoms with Gasteiger partial charge in [0.05, 0.1) is 13.2 Å². The Hall–Kier alpha value is -3.74. The maximum Gasteiger partial charge on any atom is 0.358 e. The highest BCUT2D eigenvalue weighted by Crippen LogP contribution is 2.52. The van der Waals surface area contributed by atoms with Gasteiger partial charge in [-0.3, -0.25) is 0 Å². The number of nitrogens with zero attached hydrogens (tertiary/aromatic N) is 3. The molecular weight excluding hydrogens is 478 g/mol. The third-order valence-corrected chi connectivity index (χ3v) is 7.17. The van der Waals surface area contributed by atoms with Crippen LogP contribution in [0.1, 0.15) is 68.7 Å². The molecule has 0 amide bonds. The van der Waals surface area contributed by atoms with Crippen molar-refractivity contribution >= 4 is 17.3 Å². The van der Waals surface area contributed by atoms with Gasteiger partial charge in [-0.15, -0.1) is 0 Å². The van der Waals surface area contributed by atoms with Gasteiger partial charge < -0.3 is 24.0 Å². The summed E-state index contributed by atoms with van der Waals surface area (Å²) in [5, 5.41) is 0. The number of cyclic esters (lactones) is 1. The van der Waals surface area contributed by atoms with E-state index >= 15 is 0 Å². The molecule has 0 unspecified atom stereocenters. The molecule has 0 atom stereocenters. The first-order chi connectivity index (χ1) is 18.5. The molecule has 0 aliphatic carbocycles. The first kappa shape index (κ1) is 27.3. The van der Waals surface area contributed by atoms with Gasteiger partial charge in [-0.1, -0.05) is 6.07 Å². The number of ether oxygens (including phenoxy) is 3. The number of fused-ring (bicyclic) bond motifs is 1. The van der Waals surface area contributed by atoms with Gasteiger partial charge in [0.1, 0.15) is 11.5 Å². The van der Waals surface area contributed by atoms with E-state index in [1.54, 1.807) is 6.20 Å². The fourth-order valence-corrected chi connectivity index (χ4v) is 5.36. The largest absolute Gasteiger partial charge is 0.493 e. The van der Waals surface area contributed by atoms with E-state index in [1.165, 1.54) is 0 Å². The molecule has 202 valence electrons. The van der Waals surface area contributed by atoms with Crippen LogP contribution in [0.25, 0.3) is 0 Å². The highest BCUT2D eigenvalue weighted by Gasteiger charge is 2.52. The van der Waals surface area contributed by atoms with Crippen molar-refractivity contribution < 1.29 is 19.0 Å². The third kappa shape index (κ3) is 4.66. The lowest BCUT2D eigenvalue weighted by Gasteiger charge is -2.34. The van der Waals surface area contributed by atoms with Crippen LogP contribution >= 0.6 is 0 Å². The molecule has 1 aliphatic heterocycles. The Morgan fingerprint density at radius 1 is 0.737 bits per heavy atom. The van der Waals surface area contributed by atoms with Crippen molar-refractivity contribution in [3.05, 3.63) is 77.1 Å². The molecule has 0 radical (unpaired) electrons. The van der Waals surface area contributed by atoms with Crippen LogP contribution in [0, 0.1) is 0 Å². The summed E-state index contributed by atoms with van der Waals surface area (Å²) >= 11 is 0. The lowest BCUT2D eigenvalue weighted by atomic mass is 9.79. The molecule has 0 bridgehead atoms. The third-order valence-electron chi connectivity index (χ3n) is 7.17. The average molecular weight is 518 g/mol. The summed E-state index contributed by atoms with van der Waals surface area (Å²) in [6.07, 6.45) is 1.62. The van der Waals surface area contributed by atoms with Crippen LogP contribution < -0.4 is 19.3 Å². The minimum atomic E-state index is -1.28. The highest BCUT2D eigenvalue weighted by atomic mass is 16.6. The number of hydrogen-bond donors (Lipinski definition) is 0. The SMILES string of the molecule is CCOc1cc(N(CC)CC)ccc1C1(c2ccc(N(CC)CC)cc2OCC)OC(=O)c2ncccc21. The Kier molecular flexibility index (Phi) is 8.45. The highest BCUT2D eigenvalue weighted by molar-refractivity contribution is 5.95. The van der Waals surface area contributed by atoms with E-state index in [9.17, 15) is 4.79 Å². The fraction of sp³-hybridized carbons (Fsp3) is 0.419. The molecule has 2 heterocycles. The minimum absolute atomic E-state index is 0.304. The molecule has 7 heteroatoms. The van der Waals surface area contributed by atoms with Gasteiger partial charge in [-0.25, -0.2) is 9.78 Å². The maximum atomic E-state index is 13.3. The molecule has 7 nitrogen and oxygen atoms in total. The lowest BCUT2D eigenvalue weighted by Crippen LogP contribution is -2.32. The van der Waals surface area contributed by atoms with Crippen molar-refractivity contribution in [2.75, 3.05) is 49.2 Å². The second-order valence-electron chi connectivity index (χ2n) is 9.04. The van der Waals surface area contributed by atoms with Crippen molar-refractivity contribution in [3.8, 4) is 11.5 Å². The molecule has 0 N–H and O–H groups in total. The molecule has 1 aromatic heterocycles. The topological polar surface area (TPSA) is 64.1 Å². The molecule has 0 saturated heterocycles. The number of pyridine rings is 1. The van der Waals surface area contributed by atoms with Crippen molar-refractivity contribution in [2.24, 2.45) is 0 Å². The van der Waals surface area contributed by atoms with Gasteiger partial charge in [0.2, 0.25) is 0 Å². The van der Waals surface area contributed by atoms with E-state index in [1.807, 2.05) is 50.2 Å². The number of esters is 1. The normalized spacial score (nSPS) is 13.6. The molecule has 2 aromatic carbocycles. The minimum Gasteiger partial charge on any atom is -0.493 e. The van der Waals surface area contributed by atoms with E-state index in [0.29, 0.717) is 36.0 Å². The van der Waals surface area contributed by atoms with Crippen LogP contribution in [0.2, 0.25) is 0 Å². The van der Waals surface area contributed by atoms with Gasteiger partial charge in [0.25, 0.3) is 0 Å². The number of aromatic nitrogens is 1.